The van der Waals surface area contributed by atoms with Crippen molar-refractivity contribution >= 4 is 5.91 Å². The van der Waals surface area contributed by atoms with E-state index in [-0.39, 0.29) is 11.9 Å². The van der Waals surface area contributed by atoms with Crippen molar-refractivity contribution in [2.24, 2.45) is 5.92 Å². The molecule has 130 valence electrons. The van der Waals surface area contributed by atoms with E-state index >= 15 is 0 Å². The van der Waals surface area contributed by atoms with E-state index in [1.54, 1.807) is 14.0 Å². The summed E-state index contributed by atoms with van der Waals surface area (Å²) in [6, 6.07) is 7.50. The Balaban J connectivity index is 1.91. The molecule has 1 aromatic heterocycles. The van der Waals surface area contributed by atoms with E-state index < -0.39 is 0 Å². The van der Waals surface area contributed by atoms with Gasteiger partial charge in [-0.25, -0.2) is 0 Å². The minimum atomic E-state index is -0.241. The molecule has 2 aromatic rings. The molecule has 1 atom stereocenters. The fourth-order valence-electron chi connectivity index (χ4n) is 2.46. The van der Waals surface area contributed by atoms with E-state index in [4.69, 9.17) is 9.15 Å². The van der Waals surface area contributed by atoms with E-state index in [2.05, 4.69) is 29.4 Å². The summed E-state index contributed by atoms with van der Waals surface area (Å²) in [5.41, 5.74) is 1.10. The molecule has 2 rings (SSSR count). The Morgan fingerprint density at radius 3 is 2.50 bits per heavy atom. The highest BCUT2D eigenvalue weighted by atomic mass is 16.5. The summed E-state index contributed by atoms with van der Waals surface area (Å²) < 4.78 is 10.6. The fraction of sp³-hybridized carbons (Fsp3) is 0.500. The molecular weight excluding hydrogens is 306 g/mol. The van der Waals surface area contributed by atoms with Crippen molar-refractivity contribution in [3.63, 3.8) is 0 Å². The van der Waals surface area contributed by atoms with Gasteiger partial charge < -0.3 is 14.5 Å². The molecule has 0 aliphatic carbocycles. The quantitative estimate of drug-likeness (QED) is 0.803. The Morgan fingerprint density at radius 1 is 1.25 bits per heavy atom. The molecule has 1 N–H and O–H groups in total. The molecule has 1 amide bonds. The Labute approximate surface area is 142 Å². The van der Waals surface area contributed by atoms with Gasteiger partial charge in [0.15, 0.2) is 0 Å². The zero-order chi connectivity index (χ0) is 17.5. The SMILES string of the molecule is COc1ccc(CCC(=O)NC(CC(C)C)c2nnc(C)o2)cc1. The second-order valence-corrected chi connectivity index (χ2v) is 6.26. The lowest BCUT2D eigenvalue weighted by molar-refractivity contribution is -0.122. The van der Waals surface area contributed by atoms with Crippen molar-refractivity contribution < 1.29 is 13.9 Å². The number of nitrogens with one attached hydrogen (secondary N) is 1. The second kappa shape index (κ2) is 8.47. The summed E-state index contributed by atoms with van der Waals surface area (Å²) in [6.45, 7) is 5.94. The monoisotopic (exact) mass is 331 g/mol. The average molecular weight is 331 g/mol. The van der Waals surface area contributed by atoms with Crippen LogP contribution in [0.5, 0.6) is 5.75 Å². The molecule has 0 radical (unpaired) electrons. The van der Waals surface area contributed by atoms with Crippen LogP contribution in [-0.2, 0) is 11.2 Å². The number of nitrogens with zero attached hydrogens (tertiary/aromatic N) is 2. The van der Waals surface area contributed by atoms with Gasteiger partial charge in [-0.15, -0.1) is 10.2 Å². The van der Waals surface area contributed by atoms with Crippen LogP contribution in [0, 0.1) is 12.8 Å². The Bertz CT molecular complexity index is 650. The van der Waals surface area contributed by atoms with Crippen molar-refractivity contribution in [2.75, 3.05) is 7.11 Å². The van der Waals surface area contributed by atoms with E-state index in [1.807, 2.05) is 24.3 Å². The lowest BCUT2D eigenvalue weighted by atomic mass is 10.0. The highest BCUT2D eigenvalue weighted by Crippen LogP contribution is 2.20. The zero-order valence-electron chi connectivity index (χ0n) is 14.7. The molecule has 0 aliphatic rings. The smallest absolute Gasteiger partial charge is 0.238 e. The maximum atomic E-state index is 12.3. The van der Waals surface area contributed by atoms with E-state index in [0.717, 1.165) is 17.7 Å². The predicted molar refractivity (Wildman–Crippen MR) is 90.7 cm³/mol. The standard InChI is InChI=1S/C18H25N3O3/c1-12(2)11-16(18-21-20-13(3)24-18)19-17(22)10-7-14-5-8-15(23-4)9-6-14/h5-6,8-9,12,16H,7,10-11H2,1-4H3,(H,19,22). The van der Waals surface area contributed by atoms with Gasteiger partial charge in [0.2, 0.25) is 17.7 Å². The van der Waals surface area contributed by atoms with E-state index in [9.17, 15) is 4.79 Å². The number of carbonyl (C=O) groups is 1. The number of aromatic nitrogens is 2. The summed E-state index contributed by atoms with van der Waals surface area (Å²) in [4.78, 5) is 12.3. The molecule has 24 heavy (non-hydrogen) atoms. The van der Waals surface area contributed by atoms with E-state index in [0.29, 0.717) is 30.5 Å². The van der Waals surface area contributed by atoms with Crippen LogP contribution in [0.4, 0.5) is 0 Å². The third-order valence-corrected chi connectivity index (χ3v) is 3.68. The molecule has 0 saturated heterocycles. The first kappa shape index (κ1) is 18.0. The number of hydrogen-bond acceptors (Lipinski definition) is 5. The highest BCUT2D eigenvalue weighted by Gasteiger charge is 2.21. The lowest BCUT2D eigenvalue weighted by Gasteiger charge is -2.17. The summed E-state index contributed by atoms with van der Waals surface area (Å²) in [5.74, 6) is 2.17. The number of ether oxygens (including phenoxy) is 1. The predicted octanol–water partition coefficient (Wildman–Crippen LogP) is 3.22. The third-order valence-electron chi connectivity index (χ3n) is 3.68. The summed E-state index contributed by atoms with van der Waals surface area (Å²) in [7, 11) is 1.64. The van der Waals surface area contributed by atoms with Crippen LogP contribution in [0.2, 0.25) is 0 Å². The summed E-state index contributed by atoms with van der Waals surface area (Å²) >= 11 is 0. The minimum absolute atomic E-state index is 0.0210. The number of amides is 1. The van der Waals surface area contributed by atoms with Crippen LogP contribution < -0.4 is 10.1 Å². The van der Waals surface area contributed by atoms with Gasteiger partial charge in [0.25, 0.3) is 0 Å². The Hall–Kier alpha value is -2.37. The summed E-state index contributed by atoms with van der Waals surface area (Å²) in [6.07, 6.45) is 1.84. The number of aryl methyl sites for hydroxylation is 2. The van der Waals surface area contributed by atoms with Gasteiger partial charge in [0.05, 0.1) is 7.11 Å². The van der Waals surface area contributed by atoms with Gasteiger partial charge in [0.1, 0.15) is 11.8 Å². The van der Waals surface area contributed by atoms with Crippen LogP contribution in [0.15, 0.2) is 28.7 Å². The highest BCUT2D eigenvalue weighted by molar-refractivity contribution is 5.76. The largest absolute Gasteiger partial charge is 0.497 e. The van der Waals surface area contributed by atoms with Crippen molar-refractivity contribution in [1.29, 1.82) is 0 Å². The number of rotatable bonds is 8. The number of benzene rings is 1. The first-order valence-electron chi connectivity index (χ1n) is 8.20. The average Bonchev–Trinajstić information content (AvgIpc) is 2.99. The Morgan fingerprint density at radius 2 is 1.96 bits per heavy atom. The van der Waals surface area contributed by atoms with Crippen LogP contribution in [-0.4, -0.2) is 23.2 Å². The normalized spacial score (nSPS) is 12.2. The lowest BCUT2D eigenvalue weighted by Crippen LogP contribution is -2.30. The molecule has 1 unspecified atom stereocenters. The number of methoxy groups -OCH3 is 1. The molecule has 1 aromatic carbocycles. The molecule has 1 heterocycles. The molecule has 0 aliphatic heterocycles. The molecule has 0 saturated carbocycles. The van der Waals surface area contributed by atoms with Crippen LogP contribution >= 0.6 is 0 Å². The number of hydrogen-bond donors (Lipinski definition) is 1. The molecular formula is C18H25N3O3. The maximum absolute atomic E-state index is 12.3. The van der Waals surface area contributed by atoms with Crippen molar-refractivity contribution in [3.8, 4) is 5.75 Å². The fourth-order valence-corrected chi connectivity index (χ4v) is 2.46. The van der Waals surface area contributed by atoms with E-state index in [1.165, 1.54) is 0 Å². The third kappa shape index (κ3) is 5.37. The molecule has 0 bridgehead atoms. The number of carbonyl (C=O) groups excluding carboxylic acids is 1. The van der Waals surface area contributed by atoms with Gasteiger partial charge in [-0.05, 0) is 36.5 Å². The van der Waals surface area contributed by atoms with Gasteiger partial charge >= 0.3 is 0 Å². The van der Waals surface area contributed by atoms with Crippen LogP contribution in [0.1, 0.15) is 50.1 Å². The molecule has 0 fully saturated rings. The maximum Gasteiger partial charge on any atom is 0.238 e. The zero-order valence-corrected chi connectivity index (χ0v) is 14.7. The second-order valence-electron chi connectivity index (χ2n) is 6.26. The van der Waals surface area contributed by atoms with Gasteiger partial charge in [-0.2, -0.15) is 0 Å². The summed E-state index contributed by atoms with van der Waals surface area (Å²) in [5, 5.41) is 10.9. The van der Waals surface area contributed by atoms with Crippen LogP contribution in [0.25, 0.3) is 0 Å². The van der Waals surface area contributed by atoms with Gasteiger partial charge in [0, 0.05) is 13.3 Å². The first-order chi connectivity index (χ1) is 11.5. The van der Waals surface area contributed by atoms with Crippen molar-refractivity contribution in [1.82, 2.24) is 15.5 Å². The molecule has 0 spiro atoms. The van der Waals surface area contributed by atoms with Crippen LogP contribution in [0.3, 0.4) is 0 Å². The molecule has 6 heteroatoms. The topological polar surface area (TPSA) is 77.2 Å². The first-order valence-corrected chi connectivity index (χ1v) is 8.20. The minimum Gasteiger partial charge on any atom is -0.497 e. The molecule has 6 nitrogen and oxygen atoms in total. The van der Waals surface area contributed by atoms with Gasteiger partial charge in [-0.3, -0.25) is 4.79 Å². The van der Waals surface area contributed by atoms with Crippen molar-refractivity contribution in [2.45, 2.75) is 46.1 Å². The Kier molecular flexibility index (Phi) is 6.35. The van der Waals surface area contributed by atoms with Gasteiger partial charge in [-0.1, -0.05) is 26.0 Å². The van der Waals surface area contributed by atoms with Crippen molar-refractivity contribution in [3.05, 3.63) is 41.6 Å².